The Kier molecular flexibility index (Phi) is 8.94. The number of nitrogens with zero attached hydrogens (tertiary/aromatic N) is 3. The molecule has 2 aromatic carbocycles. The van der Waals surface area contributed by atoms with Crippen LogP contribution in [0.25, 0.3) is 11.6 Å². The van der Waals surface area contributed by atoms with Crippen LogP contribution in [-0.2, 0) is 22.6 Å². The number of hydrogen-bond acceptors (Lipinski definition) is 8. The quantitative estimate of drug-likeness (QED) is 0.167. The molecule has 5 rings (SSSR count). The van der Waals surface area contributed by atoms with Crippen LogP contribution in [0.2, 0.25) is 5.02 Å². The second-order valence-corrected chi connectivity index (χ2v) is 12.2. The summed E-state index contributed by atoms with van der Waals surface area (Å²) in [6.07, 6.45) is -3.42. The fourth-order valence-electron chi connectivity index (χ4n) is 4.78. The summed E-state index contributed by atoms with van der Waals surface area (Å²) in [4.78, 5) is 14.2. The third-order valence-electron chi connectivity index (χ3n) is 6.81. The lowest BCUT2D eigenvalue weighted by Crippen LogP contribution is -2.44. The van der Waals surface area contributed by atoms with Crippen LogP contribution in [0.5, 0.6) is 11.6 Å². The smallest absolute Gasteiger partial charge is 0.434 e. The van der Waals surface area contributed by atoms with Crippen LogP contribution in [0.4, 0.5) is 23.2 Å². The van der Waals surface area contributed by atoms with Gasteiger partial charge in [0.05, 0.1) is 29.4 Å². The molecule has 16 heteroatoms. The van der Waals surface area contributed by atoms with Gasteiger partial charge in [0.25, 0.3) is 10.0 Å². The maximum absolute atomic E-state index is 14.6. The number of H-pyrrole nitrogens is 1. The summed E-state index contributed by atoms with van der Waals surface area (Å²) < 4.78 is 101. The van der Waals surface area contributed by atoms with Crippen LogP contribution in [-0.4, -0.2) is 42.9 Å². The average molecular weight is 669 g/mol. The van der Waals surface area contributed by atoms with Crippen LogP contribution in [0, 0.1) is 5.82 Å². The summed E-state index contributed by atoms with van der Waals surface area (Å²) in [5.74, 6) is -1.66. The standard InChI is InChI=1S/C29H25ClF4N4O6S/c1-3-42-27-24(13-18(14-35-27)29(32,33)34)45(40,41)38-15-19(8-10-25-36-37-28(39)44-25)43-23-9-7-17(12-22(23)38)11-16(2)26-20(30)5-4-6-21(26)31/h4-7,9,11-14,19H,3,8,10,15H2,1-2H3,(H,37,39)/b16-11+/t19-/m0/s1. The third kappa shape index (κ3) is 6.83. The number of benzene rings is 2. The predicted molar refractivity (Wildman–Crippen MR) is 156 cm³/mol. The van der Waals surface area contributed by atoms with Gasteiger partial charge in [-0.1, -0.05) is 29.8 Å². The lowest BCUT2D eigenvalue weighted by molar-refractivity contribution is -0.138. The van der Waals surface area contributed by atoms with Crippen molar-refractivity contribution in [3.8, 4) is 11.6 Å². The van der Waals surface area contributed by atoms with Gasteiger partial charge in [0, 0.05) is 18.2 Å². The number of pyridine rings is 1. The Bertz CT molecular complexity index is 1910. The number of sulfonamides is 1. The number of nitrogens with one attached hydrogen (secondary N) is 1. The Labute approximate surface area is 259 Å². The van der Waals surface area contributed by atoms with Crippen molar-refractivity contribution in [1.29, 1.82) is 0 Å². The molecule has 1 aliphatic heterocycles. The SMILES string of the molecule is CCOc1ncc(C(F)(F)F)cc1S(=O)(=O)N1C[C@H](CCc2n[nH]c(=O)o2)Oc2ccc(/C=C(\C)c3c(F)cccc3Cl)cc21. The van der Waals surface area contributed by atoms with E-state index in [1.54, 1.807) is 19.1 Å². The normalized spacial score (nSPS) is 15.5. The minimum absolute atomic E-state index is 0.0126. The Hall–Kier alpha value is -4.37. The van der Waals surface area contributed by atoms with Crippen molar-refractivity contribution in [2.75, 3.05) is 17.5 Å². The number of halogens is 5. The maximum Gasteiger partial charge on any atom is 0.434 e. The third-order valence-corrected chi connectivity index (χ3v) is 8.90. The van der Waals surface area contributed by atoms with Crippen molar-refractivity contribution in [1.82, 2.24) is 15.2 Å². The highest BCUT2D eigenvalue weighted by molar-refractivity contribution is 7.93. The maximum atomic E-state index is 14.6. The first-order chi connectivity index (χ1) is 21.3. The summed E-state index contributed by atoms with van der Waals surface area (Å²) in [5.41, 5.74) is -0.253. The summed E-state index contributed by atoms with van der Waals surface area (Å²) >= 11 is 6.22. The van der Waals surface area contributed by atoms with E-state index in [0.29, 0.717) is 23.4 Å². The van der Waals surface area contributed by atoms with Crippen LogP contribution in [0.3, 0.4) is 0 Å². The fourth-order valence-corrected chi connectivity index (χ4v) is 6.70. The van der Waals surface area contributed by atoms with Gasteiger partial charge in [-0.05, 0) is 61.7 Å². The molecule has 0 fully saturated rings. The van der Waals surface area contributed by atoms with Gasteiger partial charge in [-0.25, -0.2) is 27.7 Å². The molecule has 0 amide bonds. The number of alkyl halides is 3. The molecule has 45 heavy (non-hydrogen) atoms. The molecule has 1 N–H and O–H groups in total. The first kappa shape index (κ1) is 32.0. The van der Waals surface area contributed by atoms with E-state index in [9.17, 15) is 30.8 Å². The number of anilines is 1. The largest absolute Gasteiger partial charge is 0.486 e. The number of ether oxygens (including phenoxy) is 2. The molecular formula is C29H25ClF4N4O6S. The number of fused-ring (bicyclic) bond motifs is 1. The van der Waals surface area contributed by atoms with Crippen LogP contribution in [0.1, 0.15) is 42.8 Å². The lowest BCUT2D eigenvalue weighted by Gasteiger charge is -2.36. The first-order valence-electron chi connectivity index (χ1n) is 13.5. The Balaban J connectivity index is 1.60. The molecule has 0 bridgehead atoms. The fraction of sp³-hybridized carbons (Fsp3) is 0.276. The molecule has 0 aliphatic carbocycles. The van der Waals surface area contributed by atoms with Crippen molar-refractivity contribution < 1.29 is 39.9 Å². The number of hydrogen-bond donors (Lipinski definition) is 1. The van der Waals surface area contributed by atoms with Gasteiger partial charge in [-0.2, -0.15) is 13.2 Å². The number of allylic oxidation sites excluding steroid dienone is 1. The van der Waals surface area contributed by atoms with E-state index in [-0.39, 0.29) is 53.9 Å². The molecule has 0 unspecified atom stereocenters. The van der Waals surface area contributed by atoms with Crippen LogP contribution < -0.4 is 19.5 Å². The summed E-state index contributed by atoms with van der Waals surface area (Å²) in [6.45, 7) is 2.76. The van der Waals surface area contributed by atoms with E-state index in [1.807, 2.05) is 0 Å². The lowest BCUT2D eigenvalue weighted by atomic mass is 10.0. The molecule has 0 radical (unpaired) electrons. The number of aromatic amines is 1. The van der Waals surface area contributed by atoms with Crippen molar-refractivity contribution in [2.24, 2.45) is 0 Å². The zero-order valence-corrected chi connectivity index (χ0v) is 25.3. The molecular weight excluding hydrogens is 644 g/mol. The first-order valence-corrected chi connectivity index (χ1v) is 15.3. The summed E-state index contributed by atoms with van der Waals surface area (Å²) in [7, 11) is -4.76. The van der Waals surface area contributed by atoms with Crippen molar-refractivity contribution >= 4 is 39.0 Å². The summed E-state index contributed by atoms with van der Waals surface area (Å²) in [6, 6.07) is 9.27. The second kappa shape index (κ2) is 12.6. The Morgan fingerprint density at radius 2 is 2.02 bits per heavy atom. The van der Waals surface area contributed by atoms with E-state index in [1.165, 1.54) is 37.3 Å². The number of aryl methyl sites for hydroxylation is 1. The molecule has 4 aromatic rings. The molecule has 0 saturated heterocycles. The average Bonchev–Trinajstić information content (AvgIpc) is 3.40. The van der Waals surface area contributed by atoms with Crippen molar-refractivity contribution in [3.63, 3.8) is 0 Å². The van der Waals surface area contributed by atoms with E-state index in [2.05, 4.69) is 15.2 Å². The predicted octanol–water partition coefficient (Wildman–Crippen LogP) is 6.12. The second-order valence-electron chi connectivity index (χ2n) is 9.93. The van der Waals surface area contributed by atoms with Gasteiger partial charge in [-0.15, -0.1) is 5.10 Å². The van der Waals surface area contributed by atoms with Crippen LogP contribution in [0.15, 0.2) is 62.8 Å². The van der Waals surface area contributed by atoms with E-state index in [0.717, 1.165) is 4.31 Å². The van der Waals surface area contributed by atoms with Gasteiger partial charge in [0.1, 0.15) is 17.7 Å². The minimum Gasteiger partial charge on any atom is -0.486 e. The summed E-state index contributed by atoms with van der Waals surface area (Å²) in [5, 5.41) is 6.04. The van der Waals surface area contributed by atoms with Gasteiger partial charge in [0.15, 0.2) is 4.90 Å². The highest BCUT2D eigenvalue weighted by atomic mass is 35.5. The Morgan fingerprint density at radius 1 is 1.24 bits per heavy atom. The van der Waals surface area contributed by atoms with Crippen molar-refractivity contribution in [2.45, 2.75) is 43.9 Å². The number of rotatable bonds is 9. The highest BCUT2D eigenvalue weighted by Gasteiger charge is 2.39. The zero-order chi connectivity index (χ0) is 32.5. The topological polar surface area (TPSA) is 128 Å². The van der Waals surface area contributed by atoms with Gasteiger partial charge in [0.2, 0.25) is 11.8 Å². The van der Waals surface area contributed by atoms with Gasteiger partial charge >= 0.3 is 11.9 Å². The number of aromatic nitrogens is 3. The molecule has 0 spiro atoms. The van der Waals surface area contributed by atoms with E-state index in [4.69, 9.17) is 25.5 Å². The van der Waals surface area contributed by atoms with Gasteiger partial charge in [-0.3, -0.25) is 4.31 Å². The molecule has 1 aliphatic rings. The van der Waals surface area contributed by atoms with Crippen LogP contribution >= 0.6 is 11.6 Å². The molecule has 2 aromatic heterocycles. The molecule has 0 saturated carbocycles. The molecule has 3 heterocycles. The van der Waals surface area contributed by atoms with Crippen molar-refractivity contribution in [3.05, 3.63) is 92.6 Å². The highest BCUT2D eigenvalue weighted by Crippen LogP contribution is 2.42. The molecule has 238 valence electrons. The van der Waals surface area contributed by atoms with Gasteiger partial charge < -0.3 is 13.9 Å². The Morgan fingerprint density at radius 3 is 2.69 bits per heavy atom. The molecule has 10 nitrogen and oxygen atoms in total. The van der Waals surface area contributed by atoms with E-state index >= 15 is 0 Å². The van der Waals surface area contributed by atoms with E-state index < -0.39 is 50.2 Å². The monoisotopic (exact) mass is 668 g/mol. The molecule has 1 atom stereocenters. The zero-order valence-electron chi connectivity index (χ0n) is 23.7. The minimum atomic E-state index is -4.88.